The van der Waals surface area contributed by atoms with E-state index in [1.165, 1.54) is 11.8 Å². The number of Topliss-reactive ketones (excluding diaryl/α,β-unsaturated/α-hetero) is 1. The predicted octanol–water partition coefficient (Wildman–Crippen LogP) is 2.14. The standard InChI is InChI=1S/C12H19NO3/c1-8-6-10(9(2)14)13(7-8)11(15)16-12(3,4)5/h10H,1,6-7H2,2-5H3/t10-/m0/s1. The van der Waals surface area contributed by atoms with Gasteiger partial charge < -0.3 is 4.74 Å². The van der Waals surface area contributed by atoms with E-state index in [0.717, 1.165) is 5.57 Å². The summed E-state index contributed by atoms with van der Waals surface area (Å²) in [6, 6.07) is -0.401. The second-order valence-electron chi connectivity index (χ2n) is 5.19. The molecule has 16 heavy (non-hydrogen) atoms. The number of amides is 1. The fourth-order valence-corrected chi connectivity index (χ4v) is 1.67. The van der Waals surface area contributed by atoms with Crippen molar-refractivity contribution >= 4 is 11.9 Å². The minimum absolute atomic E-state index is 0.0236. The molecule has 0 N–H and O–H groups in total. The summed E-state index contributed by atoms with van der Waals surface area (Å²) >= 11 is 0. The van der Waals surface area contributed by atoms with Gasteiger partial charge in [0.2, 0.25) is 0 Å². The van der Waals surface area contributed by atoms with Crippen LogP contribution in [0.5, 0.6) is 0 Å². The van der Waals surface area contributed by atoms with Gasteiger partial charge in [0, 0.05) is 6.54 Å². The van der Waals surface area contributed by atoms with Gasteiger partial charge in [0.15, 0.2) is 5.78 Å². The predicted molar refractivity (Wildman–Crippen MR) is 61.2 cm³/mol. The molecule has 1 heterocycles. The quantitative estimate of drug-likeness (QED) is 0.642. The van der Waals surface area contributed by atoms with E-state index in [-0.39, 0.29) is 5.78 Å². The average molecular weight is 225 g/mol. The molecule has 0 spiro atoms. The molecule has 90 valence electrons. The molecule has 0 aromatic carbocycles. The Hall–Kier alpha value is -1.32. The summed E-state index contributed by atoms with van der Waals surface area (Å²) in [6.07, 6.45) is 0.112. The van der Waals surface area contributed by atoms with Crippen LogP contribution in [0.3, 0.4) is 0 Å². The van der Waals surface area contributed by atoms with Crippen LogP contribution < -0.4 is 0 Å². The Balaban J connectivity index is 2.75. The summed E-state index contributed by atoms with van der Waals surface area (Å²) in [5, 5.41) is 0. The first-order chi connectivity index (χ1) is 7.20. The fourth-order valence-electron chi connectivity index (χ4n) is 1.67. The molecule has 1 saturated heterocycles. The van der Waals surface area contributed by atoms with Crippen LogP contribution in [0.1, 0.15) is 34.1 Å². The number of carbonyl (C=O) groups excluding carboxylic acids is 2. The number of hydrogen-bond donors (Lipinski definition) is 0. The summed E-state index contributed by atoms with van der Waals surface area (Å²) in [4.78, 5) is 24.7. The molecule has 0 unspecified atom stereocenters. The molecule has 0 radical (unpaired) electrons. The molecule has 1 rings (SSSR count). The zero-order chi connectivity index (χ0) is 12.5. The van der Waals surface area contributed by atoms with Crippen molar-refractivity contribution in [1.82, 2.24) is 4.90 Å². The van der Waals surface area contributed by atoms with Crippen LogP contribution >= 0.6 is 0 Å². The SMILES string of the molecule is C=C1C[C@@H](C(C)=O)N(C(=O)OC(C)(C)C)C1. The van der Waals surface area contributed by atoms with Crippen LogP contribution in [0.4, 0.5) is 4.79 Å². The summed E-state index contributed by atoms with van der Waals surface area (Å²) in [6.45, 7) is 11.1. The minimum Gasteiger partial charge on any atom is -0.444 e. The van der Waals surface area contributed by atoms with Gasteiger partial charge in [-0.3, -0.25) is 9.69 Å². The van der Waals surface area contributed by atoms with Crippen LogP contribution in [0.15, 0.2) is 12.2 Å². The summed E-state index contributed by atoms with van der Waals surface area (Å²) in [5.41, 5.74) is 0.355. The highest BCUT2D eigenvalue weighted by Gasteiger charge is 2.36. The van der Waals surface area contributed by atoms with Gasteiger partial charge >= 0.3 is 6.09 Å². The van der Waals surface area contributed by atoms with E-state index >= 15 is 0 Å². The van der Waals surface area contributed by atoms with E-state index in [4.69, 9.17) is 4.74 Å². The van der Waals surface area contributed by atoms with Gasteiger partial charge in [-0.05, 0) is 34.1 Å². The average Bonchev–Trinajstić information content (AvgIpc) is 2.44. The first-order valence-corrected chi connectivity index (χ1v) is 5.37. The van der Waals surface area contributed by atoms with Crippen LogP contribution in [-0.4, -0.2) is 35.0 Å². The number of carbonyl (C=O) groups is 2. The van der Waals surface area contributed by atoms with Crippen molar-refractivity contribution in [3.63, 3.8) is 0 Å². The maximum atomic E-state index is 11.8. The van der Waals surface area contributed by atoms with Crippen molar-refractivity contribution in [2.45, 2.75) is 45.8 Å². The van der Waals surface area contributed by atoms with E-state index in [2.05, 4.69) is 6.58 Å². The minimum atomic E-state index is -0.539. The van der Waals surface area contributed by atoms with Gasteiger partial charge in [-0.25, -0.2) is 4.79 Å². The third-order valence-electron chi connectivity index (χ3n) is 2.35. The van der Waals surface area contributed by atoms with Gasteiger partial charge in [0.05, 0.1) is 6.04 Å². The lowest BCUT2D eigenvalue weighted by Gasteiger charge is -2.27. The Morgan fingerprint density at radius 1 is 1.44 bits per heavy atom. The Morgan fingerprint density at radius 3 is 2.44 bits per heavy atom. The van der Waals surface area contributed by atoms with Crippen molar-refractivity contribution in [2.75, 3.05) is 6.54 Å². The van der Waals surface area contributed by atoms with E-state index in [9.17, 15) is 9.59 Å². The summed E-state index contributed by atoms with van der Waals surface area (Å²) < 4.78 is 5.24. The highest BCUT2D eigenvalue weighted by atomic mass is 16.6. The van der Waals surface area contributed by atoms with Crippen LogP contribution in [0, 0.1) is 0 Å². The van der Waals surface area contributed by atoms with Gasteiger partial charge in [0.25, 0.3) is 0 Å². The third-order valence-corrected chi connectivity index (χ3v) is 2.35. The molecule has 1 aliphatic heterocycles. The van der Waals surface area contributed by atoms with E-state index in [1.807, 2.05) is 0 Å². The van der Waals surface area contributed by atoms with Gasteiger partial charge in [-0.1, -0.05) is 12.2 Å². The van der Waals surface area contributed by atoms with Crippen molar-refractivity contribution in [2.24, 2.45) is 0 Å². The highest BCUT2D eigenvalue weighted by Crippen LogP contribution is 2.24. The molecule has 1 fully saturated rings. The molecule has 0 aromatic rings. The second-order valence-corrected chi connectivity index (χ2v) is 5.19. The van der Waals surface area contributed by atoms with Crippen LogP contribution in [-0.2, 0) is 9.53 Å². The lowest BCUT2D eigenvalue weighted by molar-refractivity contribution is -0.121. The Labute approximate surface area is 96.3 Å². The number of likely N-dealkylation sites (tertiary alicyclic amines) is 1. The number of nitrogens with zero attached hydrogens (tertiary/aromatic N) is 1. The smallest absolute Gasteiger partial charge is 0.411 e. The number of ketones is 1. The van der Waals surface area contributed by atoms with Gasteiger partial charge in [0.1, 0.15) is 5.60 Å². The first-order valence-electron chi connectivity index (χ1n) is 5.37. The molecule has 0 aliphatic carbocycles. The van der Waals surface area contributed by atoms with E-state index < -0.39 is 17.7 Å². The number of hydrogen-bond acceptors (Lipinski definition) is 3. The van der Waals surface area contributed by atoms with Crippen LogP contribution in [0.25, 0.3) is 0 Å². The van der Waals surface area contributed by atoms with E-state index in [0.29, 0.717) is 13.0 Å². The van der Waals surface area contributed by atoms with Crippen molar-refractivity contribution in [3.05, 3.63) is 12.2 Å². The van der Waals surface area contributed by atoms with Crippen LogP contribution in [0.2, 0.25) is 0 Å². The fraction of sp³-hybridized carbons (Fsp3) is 0.667. The maximum absolute atomic E-state index is 11.8. The molecule has 1 amide bonds. The van der Waals surface area contributed by atoms with Gasteiger partial charge in [-0.2, -0.15) is 0 Å². The topological polar surface area (TPSA) is 46.6 Å². The van der Waals surface area contributed by atoms with Crippen molar-refractivity contribution in [1.29, 1.82) is 0 Å². The third kappa shape index (κ3) is 3.08. The zero-order valence-corrected chi connectivity index (χ0v) is 10.4. The van der Waals surface area contributed by atoms with E-state index in [1.54, 1.807) is 20.8 Å². The molecule has 1 atom stereocenters. The summed E-state index contributed by atoms with van der Waals surface area (Å²) in [5.74, 6) is -0.0236. The normalized spacial score (nSPS) is 21.1. The molecule has 0 aromatic heterocycles. The summed E-state index contributed by atoms with van der Waals surface area (Å²) in [7, 11) is 0. The maximum Gasteiger partial charge on any atom is 0.411 e. The van der Waals surface area contributed by atoms with Crippen molar-refractivity contribution in [3.8, 4) is 0 Å². The Kier molecular flexibility index (Phi) is 3.41. The first kappa shape index (κ1) is 12.7. The zero-order valence-electron chi connectivity index (χ0n) is 10.4. The largest absolute Gasteiger partial charge is 0.444 e. The molecule has 0 saturated carbocycles. The number of rotatable bonds is 1. The Bertz CT molecular complexity index is 328. The lowest BCUT2D eigenvalue weighted by atomic mass is 10.1. The molecule has 0 bridgehead atoms. The lowest BCUT2D eigenvalue weighted by Crippen LogP contribution is -2.42. The highest BCUT2D eigenvalue weighted by molar-refractivity contribution is 5.86. The monoisotopic (exact) mass is 225 g/mol. The second kappa shape index (κ2) is 4.28. The molecule has 4 nitrogen and oxygen atoms in total. The Morgan fingerprint density at radius 2 is 2.00 bits per heavy atom. The number of ether oxygens (including phenoxy) is 1. The molecule has 4 heteroatoms. The van der Waals surface area contributed by atoms with Crippen molar-refractivity contribution < 1.29 is 14.3 Å². The molecule has 1 aliphatic rings. The molecular weight excluding hydrogens is 206 g/mol. The molecular formula is C12H19NO3. The van der Waals surface area contributed by atoms with Gasteiger partial charge in [-0.15, -0.1) is 0 Å².